The van der Waals surface area contributed by atoms with Crippen LogP contribution < -0.4 is 14.8 Å². The molecule has 0 saturated carbocycles. The number of ether oxygens (including phenoxy) is 2. The number of rotatable bonds is 3. The monoisotopic (exact) mass is 406 g/mol. The molecule has 0 bridgehead atoms. The van der Waals surface area contributed by atoms with Crippen LogP contribution in [0.4, 0.5) is 0 Å². The molecule has 30 heavy (non-hydrogen) atoms. The van der Waals surface area contributed by atoms with Crippen LogP contribution in [0.15, 0.2) is 48.5 Å². The van der Waals surface area contributed by atoms with Crippen molar-refractivity contribution in [3.8, 4) is 11.5 Å². The number of nitrogens with one attached hydrogen (secondary N) is 1. The molecule has 5 rings (SSSR count). The van der Waals surface area contributed by atoms with Gasteiger partial charge in [-0.1, -0.05) is 42.5 Å². The van der Waals surface area contributed by atoms with Gasteiger partial charge in [-0.05, 0) is 36.8 Å². The highest BCUT2D eigenvalue weighted by atomic mass is 16.5. The molecule has 0 unspecified atom stereocenters. The zero-order valence-corrected chi connectivity index (χ0v) is 17.6. The number of carbonyl (C=O) groups excluding carboxylic acids is 1. The molecule has 0 radical (unpaired) electrons. The Morgan fingerprint density at radius 2 is 1.93 bits per heavy atom. The van der Waals surface area contributed by atoms with E-state index in [1.165, 1.54) is 5.56 Å². The summed E-state index contributed by atoms with van der Waals surface area (Å²) < 4.78 is 11.5. The molecule has 0 aliphatic carbocycles. The first-order chi connectivity index (χ1) is 14.7. The third-order valence-electron chi connectivity index (χ3n) is 7.36. The molecule has 3 aliphatic rings. The minimum atomic E-state index is -0.213. The van der Waals surface area contributed by atoms with Gasteiger partial charge >= 0.3 is 0 Å². The fourth-order valence-corrected chi connectivity index (χ4v) is 5.69. The van der Waals surface area contributed by atoms with Gasteiger partial charge in [0.1, 0.15) is 0 Å². The molecule has 5 nitrogen and oxygen atoms in total. The van der Waals surface area contributed by atoms with Gasteiger partial charge < -0.3 is 19.7 Å². The SMILES string of the molecule is COc1cccc2c1OCC[C@]21CNC[C@H]1C(=O)N1CCC(c2ccccc2)CC1. The zero-order valence-electron chi connectivity index (χ0n) is 17.6. The Labute approximate surface area is 178 Å². The van der Waals surface area contributed by atoms with Crippen LogP contribution >= 0.6 is 0 Å². The molecule has 3 heterocycles. The summed E-state index contributed by atoms with van der Waals surface area (Å²) >= 11 is 0. The number of likely N-dealkylation sites (tertiary alicyclic amines) is 1. The lowest BCUT2D eigenvalue weighted by Gasteiger charge is -2.42. The molecule has 2 saturated heterocycles. The molecule has 5 heteroatoms. The Morgan fingerprint density at radius 1 is 1.13 bits per heavy atom. The van der Waals surface area contributed by atoms with Gasteiger partial charge in [-0.25, -0.2) is 0 Å². The number of piperidine rings is 1. The van der Waals surface area contributed by atoms with E-state index < -0.39 is 0 Å². The molecular formula is C25H30N2O3. The third-order valence-corrected chi connectivity index (χ3v) is 7.36. The second-order valence-electron chi connectivity index (χ2n) is 8.79. The predicted molar refractivity (Wildman–Crippen MR) is 116 cm³/mol. The largest absolute Gasteiger partial charge is 0.493 e. The van der Waals surface area contributed by atoms with Gasteiger partial charge in [0.15, 0.2) is 11.5 Å². The van der Waals surface area contributed by atoms with E-state index >= 15 is 0 Å². The average molecular weight is 407 g/mol. The number of para-hydroxylation sites is 1. The van der Waals surface area contributed by atoms with Crippen molar-refractivity contribution in [3.05, 3.63) is 59.7 Å². The van der Waals surface area contributed by atoms with Gasteiger partial charge in [-0.2, -0.15) is 0 Å². The second kappa shape index (κ2) is 7.95. The highest BCUT2D eigenvalue weighted by Crippen LogP contribution is 2.49. The number of carbonyl (C=O) groups is 1. The van der Waals surface area contributed by atoms with E-state index in [-0.39, 0.29) is 11.3 Å². The topological polar surface area (TPSA) is 50.8 Å². The highest BCUT2D eigenvalue weighted by Gasteiger charge is 2.52. The molecular weight excluding hydrogens is 376 g/mol. The number of hydrogen-bond donors (Lipinski definition) is 1. The molecule has 1 N–H and O–H groups in total. The van der Waals surface area contributed by atoms with Crippen molar-refractivity contribution in [2.24, 2.45) is 5.92 Å². The molecule has 1 spiro atoms. The van der Waals surface area contributed by atoms with Crippen molar-refractivity contribution in [2.45, 2.75) is 30.6 Å². The molecule has 1 amide bonds. The van der Waals surface area contributed by atoms with Crippen LogP contribution in [-0.4, -0.2) is 50.7 Å². The Kier molecular flexibility index (Phi) is 5.15. The maximum atomic E-state index is 13.7. The smallest absolute Gasteiger partial charge is 0.227 e. The van der Waals surface area contributed by atoms with Crippen LogP contribution in [0.5, 0.6) is 11.5 Å². The van der Waals surface area contributed by atoms with E-state index in [0.717, 1.165) is 62.5 Å². The van der Waals surface area contributed by atoms with Gasteiger partial charge in [0, 0.05) is 37.2 Å². The summed E-state index contributed by atoms with van der Waals surface area (Å²) in [7, 11) is 1.67. The summed E-state index contributed by atoms with van der Waals surface area (Å²) in [4.78, 5) is 15.8. The lowest BCUT2D eigenvalue weighted by atomic mass is 9.68. The van der Waals surface area contributed by atoms with E-state index in [9.17, 15) is 4.79 Å². The number of amides is 1. The Morgan fingerprint density at radius 3 is 2.70 bits per heavy atom. The van der Waals surface area contributed by atoms with Gasteiger partial charge in [0.05, 0.1) is 19.6 Å². The lowest BCUT2D eigenvalue weighted by molar-refractivity contribution is -0.138. The van der Waals surface area contributed by atoms with Crippen LogP contribution in [-0.2, 0) is 10.2 Å². The molecule has 2 aromatic rings. The third kappa shape index (κ3) is 3.16. The first-order valence-corrected chi connectivity index (χ1v) is 11.1. The standard InChI is InChI=1S/C25H30N2O3/c1-29-22-9-5-8-20-23(22)30-15-12-25(20)17-26-16-21(25)24(28)27-13-10-19(11-14-27)18-6-3-2-4-7-18/h2-9,19,21,26H,10-17H2,1H3/t21-,25-/m0/s1. The predicted octanol–water partition coefficient (Wildman–Crippen LogP) is 3.34. The number of benzene rings is 2. The van der Waals surface area contributed by atoms with Gasteiger partial charge in [-0.3, -0.25) is 4.79 Å². The van der Waals surface area contributed by atoms with E-state index in [4.69, 9.17) is 9.47 Å². The van der Waals surface area contributed by atoms with Crippen molar-refractivity contribution in [1.29, 1.82) is 0 Å². The lowest BCUT2D eigenvalue weighted by Crippen LogP contribution is -2.50. The minimum Gasteiger partial charge on any atom is -0.493 e. The molecule has 2 atom stereocenters. The number of nitrogens with zero attached hydrogens (tertiary/aromatic N) is 1. The van der Waals surface area contributed by atoms with Crippen molar-refractivity contribution >= 4 is 5.91 Å². The van der Waals surface area contributed by atoms with E-state index in [2.05, 4.69) is 46.6 Å². The van der Waals surface area contributed by atoms with E-state index in [0.29, 0.717) is 18.4 Å². The van der Waals surface area contributed by atoms with Crippen LogP contribution in [0.3, 0.4) is 0 Å². The second-order valence-corrected chi connectivity index (χ2v) is 8.79. The minimum absolute atomic E-state index is 0.0551. The van der Waals surface area contributed by atoms with Crippen LogP contribution in [0.2, 0.25) is 0 Å². The quantitative estimate of drug-likeness (QED) is 0.850. The maximum Gasteiger partial charge on any atom is 0.227 e. The summed E-state index contributed by atoms with van der Waals surface area (Å²) in [5, 5.41) is 3.52. The first kappa shape index (κ1) is 19.4. The summed E-state index contributed by atoms with van der Waals surface area (Å²) in [6, 6.07) is 16.8. The van der Waals surface area contributed by atoms with Crippen molar-refractivity contribution in [2.75, 3.05) is 39.9 Å². The summed E-state index contributed by atoms with van der Waals surface area (Å²) in [6.45, 7) is 3.84. The Balaban J connectivity index is 1.36. The molecule has 3 aliphatic heterocycles. The van der Waals surface area contributed by atoms with E-state index in [1.54, 1.807) is 7.11 Å². The summed E-state index contributed by atoms with van der Waals surface area (Å²) in [6.07, 6.45) is 2.93. The maximum absolute atomic E-state index is 13.7. The fraction of sp³-hybridized carbons (Fsp3) is 0.480. The van der Waals surface area contributed by atoms with Crippen LogP contribution in [0.1, 0.15) is 36.3 Å². The van der Waals surface area contributed by atoms with Crippen molar-refractivity contribution in [1.82, 2.24) is 10.2 Å². The van der Waals surface area contributed by atoms with E-state index in [1.807, 2.05) is 12.1 Å². The van der Waals surface area contributed by atoms with Crippen molar-refractivity contribution < 1.29 is 14.3 Å². The van der Waals surface area contributed by atoms with Gasteiger partial charge in [-0.15, -0.1) is 0 Å². The van der Waals surface area contributed by atoms with Crippen molar-refractivity contribution in [3.63, 3.8) is 0 Å². The fourth-order valence-electron chi connectivity index (χ4n) is 5.69. The van der Waals surface area contributed by atoms with Gasteiger partial charge in [0.25, 0.3) is 0 Å². The normalized spacial score (nSPS) is 26.3. The Hall–Kier alpha value is -2.53. The summed E-state index contributed by atoms with van der Waals surface area (Å²) in [5.41, 5.74) is 2.31. The number of fused-ring (bicyclic) bond motifs is 2. The molecule has 0 aromatic heterocycles. The highest BCUT2D eigenvalue weighted by molar-refractivity contribution is 5.82. The first-order valence-electron chi connectivity index (χ1n) is 11.1. The zero-order chi connectivity index (χ0) is 20.6. The molecule has 158 valence electrons. The summed E-state index contributed by atoms with van der Waals surface area (Å²) in [5.74, 6) is 2.37. The molecule has 2 fully saturated rings. The van der Waals surface area contributed by atoms with Gasteiger partial charge in [0.2, 0.25) is 5.91 Å². The number of hydrogen-bond acceptors (Lipinski definition) is 4. The number of methoxy groups -OCH3 is 1. The Bertz CT molecular complexity index is 908. The van der Waals surface area contributed by atoms with Crippen LogP contribution in [0, 0.1) is 5.92 Å². The average Bonchev–Trinajstić information content (AvgIpc) is 3.23. The molecule has 2 aromatic carbocycles. The van der Waals surface area contributed by atoms with Crippen LogP contribution in [0.25, 0.3) is 0 Å².